The Kier molecular flexibility index (Phi) is 5.53. The fourth-order valence-electron chi connectivity index (χ4n) is 1.31. The van der Waals surface area contributed by atoms with Crippen molar-refractivity contribution < 1.29 is 14.6 Å². The van der Waals surface area contributed by atoms with E-state index in [0.29, 0.717) is 5.56 Å². The van der Waals surface area contributed by atoms with Crippen molar-refractivity contribution in [3.8, 4) is 0 Å². The largest absolute Gasteiger partial charge is 0.465 e. The molecule has 88 valence electrons. The Morgan fingerprint density at radius 1 is 1.38 bits per heavy atom. The molecule has 0 spiro atoms. The van der Waals surface area contributed by atoms with Crippen LogP contribution in [0.2, 0.25) is 0 Å². The molecule has 0 heterocycles. The second kappa shape index (κ2) is 6.98. The van der Waals surface area contributed by atoms with Crippen LogP contribution in [0.1, 0.15) is 22.3 Å². The number of nitrogens with one attached hydrogen (secondary N) is 1. The molecular weight excluding hydrogens is 206 g/mol. The van der Waals surface area contributed by atoms with Gasteiger partial charge in [0.25, 0.3) is 0 Å². The third kappa shape index (κ3) is 4.00. The topological polar surface area (TPSA) is 58.6 Å². The van der Waals surface area contributed by atoms with Crippen LogP contribution in [0.5, 0.6) is 0 Å². The molecule has 0 aromatic heterocycles. The Morgan fingerprint density at radius 2 is 2.06 bits per heavy atom. The van der Waals surface area contributed by atoms with Crippen LogP contribution in [-0.4, -0.2) is 31.3 Å². The molecule has 0 atom stereocenters. The number of ether oxygens (including phenoxy) is 1. The molecule has 0 saturated carbocycles. The summed E-state index contributed by atoms with van der Waals surface area (Å²) in [5.74, 6) is -0.320. The first-order chi connectivity index (χ1) is 7.77. The zero-order valence-electron chi connectivity index (χ0n) is 9.40. The van der Waals surface area contributed by atoms with Gasteiger partial charge < -0.3 is 15.2 Å². The molecule has 0 aliphatic rings. The highest BCUT2D eigenvalue weighted by Crippen LogP contribution is 2.05. The first-order valence-corrected chi connectivity index (χ1v) is 5.26. The number of hydrogen-bond acceptors (Lipinski definition) is 4. The molecule has 0 fully saturated rings. The molecule has 0 amide bonds. The number of aliphatic hydroxyl groups is 1. The summed E-state index contributed by atoms with van der Waals surface area (Å²) in [6.45, 7) is 1.73. The summed E-state index contributed by atoms with van der Waals surface area (Å²) in [5.41, 5.74) is 1.66. The van der Waals surface area contributed by atoms with Crippen molar-refractivity contribution in [2.24, 2.45) is 0 Å². The van der Waals surface area contributed by atoms with Crippen LogP contribution in [0.3, 0.4) is 0 Å². The maximum Gasteiger partial charge on any atom is 0.337 e. The van der Waals surface area contributed by atoms with Gasteiger partial charge in [-0.2, -0.15) is 0 Å². The van der Waals surface area contributed by atoms with Crippen LogP contribution in [0, 0.1) is 0 Å². The molecule has 0 unspecified atom stereocenters. The number of aliphatic hydroxyl groups excluding tert-OH is 1. The predicted octanol–water partition coefficient (Wildman–Crippen LogP) is 0.945. The molecule has 0 aliphatic carbocycles. The maximum atomic E-state index is 11.2. The second-order valence-corrected chi connectivity index (χ2v) is 3.44. The smallest absolute Gasteiger partial charge is 0.337 e. The minimum absolute atomic E-state index is 0.203. The Hall–Kier alpha value is -1.39. The molecule has 0 saturated heterocycles. The van der Waals surface area contributed by atoms with E-state index in [-0.39, 0.29) is 12.6 Å². The van der Waals surface area contributed by atoms with E-state index in [9.17, 15) is 4.79 Å². The van der Waals surface area contributed by atoms with Gasteiger partial charge in [0.15, 0.2) is 0 Å². The lowest BCUT2D eigenvalue weighted by molar-refractivity contribution is 0.0600. The monoisotopic (exact) mass is 223 g/mol. The van der Waals surface area contributed by atoms with Crippen LogP contribution < -0.4 is 5.32 Å². The zero-order chi connectivity index (χ0) is 11.8. The molecule has 1 aromatic rings. The zero-order valence-corrected chi connectivity index (χ0v) is 9.40. The van der Waals surface area contributed by atoms with E-state index >= 15 is 0 Å². The number of carbonyl (C=O) groups excluding carboxylic acids is 1. The lowest BCUT2D eigenvalue weighted by Gasteiger charge is -2.04. The normalized spacial score (nSPS) is 10.1. The number of benzene rings is 1. The fourth-order valence-corrected chi connectivity index (χ4v) is 1.31. The van der Waals surface area contributed by atoms with Crippen LogP contribution >= 0.6 is 0 Å². The van der Waals surface area contributed by atoms with E-state index in [0.717, 1.165) is 25.1 Å². The van der Waals surface area contributed by atoms with Gasteiger partial charge in [0.2, 0.25) is 0 Å². The summed E-state index contributed by atoms with van der Waals surface area (Å²) in [6, 6.07) is 7.26. The molecule has 1 aromatic carbocycles. The number of esters is 1. The Labute approximate surface area is 95.2 Å². The van der Waals surface area contributed by atoms with Gasteiger partial charge in [-0.15, -0.1) is 0 Å². The number of methoxy groups -OCH3 is 1. The Balaban J connectivity index is 2.42. The van der Waals surface area contributed by atoms with Gasteiger partial charge in [-0.3, -0.25) is 0 Å². The number of rotatable bonds is 6. The summed E-state index contributed by atoms with van der Waals surface area (Å²) < 4.78 is 4.61. The average molecular weight is 223 g/mol. The first-order valence-electron chi connectivity index (χ1n) is 5.26. The summed E-state index contributed by atoms with van der Waals surface area (Å²) in [7, 11) is 1.37. The van der Waals surface area contributed by atoms with Gasteiger partial charge >= 0.3 is 5.97 Å². The predicted molar refractivity (Wildman–Crippen MR) is 61.2 cm³/mol. The van der Waals surface area contributed by atoms with Crippen LogP contribution in [0.25, 0.3) is 0 Å². The van der Waals surface area contributed by atoms with E-state index in [4.69, 9.17) is 5.11 Å². The molecule has 0 radical (unpaired) electrons. The highest BCUT2D eigenvalue weighted by molar-refractivity contribution is 5.89. The van der Waals surface area contributed by atoms with Crippen molar-refractivity contribution >= 4 is 5.97 Å². The van der Waals surface area contributed by atoms with Crippen molar-refractivity contribution in [1.82, 2.24) is 5.32 Å². The van der Waals surface area contributed by atoms with Gasteiger partial charge in [0.05, 0.1) is 12.7 Å². The van der Waals surface area contributed by atoms with E-state index in [1.807, 2.05) is 12.1 Å². The van der Waals surface area contributed by atoms with Gasteiger partial charge in [-0.25, -0.2) is 4.79 Å². The van der Waals surface area contributed by atoms with E-state index in [1.54, 1.807) is 12.1 Å². The lowest BCUT2D eigenvalue weighted by Crippen LogP contribution is -2.15. The summed E-state index contributed by atoms with van der Waals surface area (Å²) in [5, 5.41) is 11.8. The fraction of sp³-hybridized carbons (Fsp3) is 0.417. The minimum Gasteiger partial charge on any atom is -0.465 e. The van der Waals surface area contributed by atoms with Crippen molar-refractivity contribution in [3.05, 3.63) is 35.4 Å². The summed E-state index contributed by atoms with van der Waals surface area (Å²) in [4.78, 5) is 11.2. The Morgan fingerprint density at radius 3 is 2.62 bits per heavy atom. The minimum atomic E-state index is -0.320. The number of carbonyl (C=O) groups is 1. The second-order valence-electron chi connectivity index (χ2n) is 3.44. The molecule has 1 rings (SSSR count). The van der Waals surface area contributed by atoms with Crippen molar-refractivity contribution in [2.45, 2.75) is 13.0 Å². The van der Waals surface area contributed by atoms with Crippen molar-refractivity contribution in [2.75, 3.05) is 20.3 Å². The first kappa shape index (κ1) is 12.7. The van der Waals surface area contributed by atoms with Gasteiger partial charge in [0.1, 0.15) is 0 Å². The third-order valence-electron chi connectivity index (χ3n) is 2.22. The maximum absolute atomic E-state index is 11.2. The number of hydrogen-bond donors (Lipinski definition) is 2. The average Bonchev–Trinajstić information content (AvgIpc) is 2.34. The van der Waals surface area contributed by atoms with Crippen LogP contribution in [0.4, 0.5) is 0 Å². The molecular formula is C12H17NO3. The molecule has 0 bridgehead atoms. The molecule has 4 nitrogen and oxygen atoms in total. The highest BCUT2D eigenvalue weighted by Gasteiger charge is 2.03. The van der Waals surface area contributed by atoms with Crippen molar-refractivity contribution in [1.29, 1.82) is 0 Å². The van der Waals surface area contributed by atoms with Gasteiger partial charge in [-0.1, -0.05) is 12.1 Å². The van der Waals surface area contributed by atoms with Crippen molar-refractivity contribution in [3.63, 3.8) is 0 Å². The molecule has 2 N–H and O–H groups in total. The lowest BCUT2D eigenvalue weighted by atomic mass is 10.1. The van der Waals surface area contributed by atoms with Crippen LogP contribution in [-0.2, 0) is 11.3 Å². The Bertz CT molecular complexity index is 322. The van der Waals surface area contributed by atoms with E-state index < -0.39 is 0 Å². The quantitative estimate of drug-likeness (QED) is 0.557. The molecule has 16 heavy (non-hydrogen) atoms. The standard InChI is InChI=1S/C12H17NO3/c1-16-12(15)11-5-3-10(4-6-11)9-13-7-2-8-14/h3-6,13-14H,2,7-9H2,1H3. The summed E-state index contributed by atoms with van der Waals surface area (Å²) in [6.07, 6.45) is 0.750. The molecule has 0 aliphatic heterocycles. The van der Waals surface area contributed by atoms with Gasteiger partial charge in [0, 0.05) is 13.2 Å². The summed E-state index contributed by atoms with van der Waals surface area (Å²) >= 11 is 0. The molecule has 4 heteroatoms. The highest BCUT2D eigenvalue weighted by atomic mass is 16.5. The SMILES string of the molecule is COC(=O)c1ccc(CNCCCO)cc1. The third-order valence-corrected chi connectivity index (χ3v) is 2.22. The van der Waals surface area contributed by atoms with Crippen LogP contribution in [0.15, 0.2) is 24.3 Å². The van der Waals surface area contributed by atoms with E-state index in [1.165, 1.54) is 7.11 Å². The van der Waals surface area contributed by atoms with Gasteiger partial charge in [-0.05, 0) is 30.7 Å². The van der Waals surface area contributed by atoms with E-state index in [2.05, 4.69) is 10.1 Å².